The van der Waals surface area contributed by atoms with Crippen LogP contribution in [0.4, 0.5) is 4.39 Å². The van der Waals surface area contributed by atoms with Crippen molar-refractivity contribution in [2.24, 2.45) is 0 Å². The maximum absolute atomic E-state index is 14.0. The quantitative estimate of drug-likeness (QED) is 0.915. The van der Waals surface area contributed by atoms with Crippen LogP contribution in [0.25, 0.3) is 0 Å². The van der Waals surface area contributed by atoms with Gasteiger partial charge in [0.2, 0.25) is 0 Å². The second-order valence-corrected chi connectivity index (χ2v) is 6.86. The molecule has 1 aromatic carbocycles. The molecule has 1 unspecified atom stereocenters. The van der Waals surface area contributed by atoms with Crippen molar-refractivity contribution in [2.75, 3.05) is 7.11 Å². The maximum Gasteiger partial charge on any atom is 0.133 e. The Bertz CT molecular complexity index is 599. The van der Waals surface area contributed by atoms with Crippen LogP contribution in [0.15, 0.2) is 30.3 Å². The van der Waals surface area contributed by atoms with Gasteiger partial charge in [-0.3, -0.25) is 0 Å². The molecule has 4 heteroatoms. The van der Waals surface area contributed by atoms with Crippen molar-refractivity contribution in [3.63, 3.8) is 0 Å². The summed E-state index contributed by atoms with van der Waals surface area (Å²) in [7, 11) is 1.49. The third kappa shape index (κ3) is 3.02. The maximum atomic E-state index is 14.0. The van der Waals surface area contributed by atoms with Crippen molar-refractivity contribution >= 4 is 11.3 Å². The summed E-state index contributed by atoms with van der Waals surface area (Å²) < 4.78 is 18.9. The molecular formula is C16H19FO2S. The zero-order valence-corrected chi connectivity index (χ0v) is 12.9. The van der Waals surface area contributed by atoms with Gasteiger partial charge in [0.05, 0.1) is 7.11 Å². The Balaban J connectivity index is 2.31. The largest absolute Gasteiger partial charge is 0.497 e. The highest BCUT2D eigenvalue weighted by molar-refractivity contribution is 7.12. The van der Waals surface area contributed by atoms with Crippen molar-refractivity contribution in [2.45, 2.75) is 32.3 Å². The molecule has 20 heavy (non-hydrogen) atoms. The van der Waals surface area contributed by atoms with E-state index in [-0.39, 0.29) is 11.0 Å². The normalized spacial score (nSPS) is 13.3. The lowest BCUT2D eigenvalue weighted by Crippen LogP contribution is -2.08. The minimum atomic E-state index is -0.943. The molecule has 1 N–H and O–H groups in total. The molecule has 0 aliphatic rings. The lowest BCUT2D eigenvalue weighted by Gasteiger charge is -2.16. The number of aliphatic hydroxyl groups excluding tert-OH is 1. The predicted molar refractivity (Wildman–Crippen MR) is 80.0 cm³/mol. The predicted octanol–water partition coefficient (Wildman–Crippen LogP) is 4.28. The molecular weight excluding hydrogens is 275 g/mol. The highest BCUT2D eigenvalue weighted by Crippen LogP contribution is 2.35. The summed E-state index contributed by atoms with van der Waals surface area (Å²) >= 11 is 1.51. The number of hydrogen-bond donors (Lipinski definition) is 1. The summed E-state index contributed by atoms with van der Waals surface area (Å²) in [6.45, 7) is 6.34. The summed E-state index contributed by atoms with van der Waals surface area (Å²) in [5.41, 5.74) is 0.300. The molecule has 0 saturated carbocycles. The molecule has 108 valence electrons. The van der Waals surface area contributed by atoms with Crippen molar-refractivity contribution < 1.29 is 14.2 Å². The minimum Gasteiger partial charge on any atom is -0.497 e. The standard InChI is InChI=1S/C16H19FO2S/c1-16(2,3)14-8-7-13(20-14)15(18)11-6-5-10(19-4)9-12(11)17/h5-9,15,18H,1-4H3. The second-order valence-electron chi connectivity index (χ2n) is 5.74. The first kappa shape index (κ1) is 15.0. The van der Waals surface area contributed by atoms with Gasteiger partial charge in [-0.25, -0.2) is 4.39 Å². The van der Waals surface area contributed by atoms with E-state index in [0.717, 1.165) is 4.88 Å². The first-order valence-corrected chi connectivity index (χ1v) is 7.26. The fourth-order valence-electron chi connectivity index (χ4n) is 1.91. The number of methoxy groups -OCH3 is 1. The van der Waals surface area contributed by atoms with Crippen molar-refractivity contribution in [1.29, 1.82) is 0 Å². The molecule has 0 aliphatic heterocycles. The molecule has 1 heterocycles. The number of rotatable bonds is 3. The van der Waals surface area contributed by atoms with Crippen LogP contribution in [0, 0.1) is 5.82 Å². The fraction of sp³-hybridized carbons (Fsp3) is 0.375. The number of hydrogen-bond acceptors (Lipinski definition) is 3. The number of thiophene rings is 1. The van der Waals surface area contributed by atoms with E-state index in [1.807, 2.05) is 12.1 Å². The average Bonchev–Trinajstić information content (AvgIpc) is 2.87. The second kappa shape index (κ2) is 5.54. The third-order valence-electron chi connectivity index (χ3n) is 3.14. The van der Waals surface area contributed by atoms with E-state index < -0.39 is 11.9 Å². The van der Waals surface area contributed by atoms with Gasteiger partial charge in [-0.15, -0.1) is 11.3 Å². The smallest absolute Gasteiger partial charge is 0.133 e. The summed E-state index contributed by atoms with van der Waals surface area (Å²) in [5.74, 6) is -0.0115. The van der Waals surface area contributed by atoms with Crippen LogP contribution in [0.2, 0.25) is 0 Å². The van der Waals surface area contributed by atoms with Crippen LogP contribution in [-0.4, -0.2) is 12.2 Å². The SMILES string of the molecule is COc1ccc(C(O)c2ccc(C(C)(C)C)s2)c(F)c1. The van der Waals surface area contributed by atoms with Crippen LogP contribution in [0.3, 0.4) is 0 Å². The van der Waals surface area contributed by atoms with Gasteiger partial charge in [-0.2, -0.15) is 0 Å². The monoisotopic (exact) mass is 294 g/mol. The highest BCUT2D eigenvalue weighted by Gasteiger charge is 2.21. The van der Waals surface area contributed by atoms with E-state index >= 15 is 0 Å². The van der Waals surface area contributed by atoms with Crippen LogP contribution < -0.4 is 4.74 Å². The Morgan fingerprint density at radius 2 is 1.90 bits per heavy atom. The Morgan fingerprint density at radius 1 is 1.20 bits per heavy atom. The summed E-state index contributed by atoms with van der Waals surface area (Å²) in [4.78, 5) is 1.92. The molecule has 0 saturated heterocycles. The van der Waals surface area contributed by atoms with Gasteiger partial charge in [0.25, 0.3) is 0 Å². The van der Waals surface area contributed by atoms with Gasteiger partial charge in [0.1, 0.15) is 17.7 Å². The highest BCUT2D eigenvalue weighted by atomic mass is 32.1. The molecule has 0 bridgehead atoms. The summed E-state index contributed by atoms with van der Waals surface area (Å²) in [5, 5.41) is 10.3. The Morgan fingerprint density at radius 3 is 2.40 bits per heavy atom. The Hall–Kier alpha value is -1.39. The zero-order valence-electron chi connectivity index (χ0n) is 12.1. The molecule has 0 spiro atoms. The molecule has 2 aromatic rings. The van der Waals surface area contributed by atoms with E-state index in [1.54, 1.807) is 12.1 Å². The van der Waals surface area contributed by atoms with E-state index in [1.165, 1.54) is 29.4 Å². The van der Waals surface area contributed by atoms with E-state index in [4.69, 9.17) is 4.74 Å². The van der Waals surface area contributed by atoms with E-state index in [9.17, 15) is 9.50 Å². The lowest BCUT2D eigenvalue weighted by atomic mass is 9.95. The van der Waals surface area contributed by atoms with Gasteiger partial charge in [0, 0.05) is 21.4 Å². The van der Waals surface area contributed by atoms with Crippen LogP contribution in [0.5, 0.6) is 5.75 Å². The summed E-state index contributed by atoms with van der Waals surface area (Å²) in [6, 6.07) is 8.36. The van der Waals surface area contributed by atoms with Gasteiger partial charge < -0.3 is 9.84 Å². The fourth-order valence-corrected chi connectivity index (χ4v) is 2.98. The Labute approximate surface area is 122 Å². The minimum absolute atomic E-state index is 0.0289. The molecule has 1 aromatic heterocycles. The molecule has 0 aliphatic carbocycles. The molecule has 1 atom stereocenters. The van der Waals surface area contributed by atoms with Crippen LogP contribution in [-0.2, 0) is 5.41 Å². The topological polar surface area (TPSA) is 29.5 Å². The van der Waals surface area contributed by atoms with Crippen molar-refractivity contribution in [1.82, 2.24) is 0 Å². The first-order valence-electron chi connectivity index (χ1n) is 6.44. The molecule has 2 nitrogen and oxygen atoms in total. The number of halogens is 1. The molecule has 2 rings (SSSR count). The van der Waals surface area contributed by atoms with Crippen molar-refractivity contribution in [3.05, 3.63) is 51.5 Å². The van der Waals surface area contributed by atoms with Gasteiger partial charge in [-0.05, 0) is 29.7 Å². The number of benzene rings is 1. The van der Waals surface area contributed by atoms with Crippen LogP contribution in [0.1, 0.15) is 42.2 Å². The van der Waals surface area contributed by atoms with Gasteiger partial charge >= 0.3 is 0 Å². The molecule has 0 amide bonds. The lowest BCUT2D eigenvalue weighted by molar-refractivity contribution is 0.218. The Kier molecular flexibility index (Phi) is 4.16. The molecule has 0 radical (unpaired) electrons. The van der Waals surface area contributed by atoms with Crippen LogP contribution >= 0.6 is 11.3 Å². The number of ether oxygens (including phenoxy) is 1. The van der Waals surface area contributed by atoms with Gasteiger partial charge in [-0.1, -0.05) is 20.8 Å². The van der Waals surface area contributed by atoms with E-state index in [0.29, 0.717) is 5.75 Å². The zero-order chi connectivity index (χ0) is 14.9. The average molecular weight is 294 g/mol. The third-order valence-corrected chi connectivity index (χ3v) is 4.70. The summed E-state index contributed by atoms with van der Waals surface area (Å²) in [6.07, 6.45) is -0.943. The first-order chi connectivity index (χ1) is 9.32. The molecule has 0 fully saturated rings. The number of aliphatic hydroxyl groups is 1. The van der Waals surface area contributed by atoms with Gasteiger partial charge in [0.15, 0.2) is 0 Å². The van der Waals surface area contributed by atoms with E-state index in [2.05, 4.69) is 20.8 Å². The van der Waals surface area contributed by atoms with Crippen molar-refractivity contribution in [3.8, 4) is 5.75 Å².